The van der Waals surface area contributed by atoms with E-state index in [1.54, 1.807) is 37.4 Å². The first-order valence-electron chi connectivity index (χ1n) is 10.3. The Bertz CT molecular complexity index is 1280. The summed E-state index contributed by atoms with van der Waals surface area (Å²) in [5.74, 6) is -0.994. The van der Waals surface area contributed by atoms with Crippen molar-refractivity contribution in [3.63, 3.8) is 0 Å². The van der Waals surface area contributed by atoms with Gasteiger partial charge in [-0.05, 0) is 29.3 Å². The third kappa shape index (κ3) is 5.48. The summed E-state index contributed by atoms with van der Waals surface area (Å²) in [5, 5.41) is 3.55. The number of aromatic nitrogens is 2. The minimum Gasteiger partial charge on any atom is -0.497 e. The van der Waals surface area contributed by atoms with Gasteiger partial charge in [0.25, 0.3) is 0 Å². The Morgan fingerprint density at radius 1 is 0.941 bits per heavy atom. The molecule has 0 aliphatic rings. The molecular formula is C25H20F3N3O2S. The number of carbonyl (C=O) groups excluding carboxylic acids is 1. The molecule has 4 rings (SSSR count). The summed E-state index contributed by atoms with van der Waals surface area (Å²) in [6, 6.07) is 22.7. The molecule has 9 heteroatoms. The molecule has 0 fully saturated rings. The lowest BCUT2D eigenvalue weighted by molar-refractivity contribution is -0.145. The molecule has 0 aliphatic carbocycles. The van der Waals surface area contributed by atoms with Crippen molar-refractivity contribution in [2.45, 2.75) is 17.2 Å². The lowest BCUT2D eigenvalue weighted by Gasteiger charge is -2.20. The fourth-order valence-electron chi connectivity index (χ4n) is 3.42. The predicted octanol–water partition coefficient (Wildman–Crippen LogP) is 5.66. The molecule has 1 aromatic heterocycles. The normalized spacial score (nSPS) is 12.4. The van der Waals surface area contributed by atoms with Crippen molar-refractivity contribution < 1.29 is 22.7 Å². The van der Waals surface area contributed by atoms with Crippen LogP contribution in [0.25, 0.3) is 10.9 Å². The summed E-state index contributed by atoms with van der Waals surface area (Å²) in [5.41, 5.74) is 1.89. The molecule has 4 aromatic rings. The number of fused-ring (bicyclic) bond motifs is 1. The van der Waals surface area contributed by atoms with Crippen molar-refractivity contribution in [1.29, 1.82) is 0 Å². The number of halogens is 3. The first kappa shape index (κ1) is 23.6. The van der Waals surface area contributed by atoms with E-state index in [4.69, 9.17) is 4.74 Å². The molecule has 174 valence electrons. The topological polar surface area (TPSA) is 64.1 Å². The zero-order valence-corrected chi connectivity index (χ0v) is 18.9. The van der Waals surface area contributed by atoms with Crippen LogP contribution in [0.5, 0.6) is 5.75 Å². The van der Waals surface area contributed by atoms with E-state index < -0.39 is 18.0 Å². The Hall–Kier alpha value is -3.59. The fourth-order valence-corrected chi connectivity index (χ4v) is 4.25. The summed E-state index contributed by atoms with van der Waals surface area (Å²) >= 11 is 0.944. The summed E-state index contributed by atoms with van der Waals surface area (Å²) in [6.45, 7) is 0. The quantitative estimate of drug-likeness (QED) is 0.272. The average molecular weight is 484 g/mol. The minimum atomic E-state index is -4.69. The molecular weight excluding hydrogens is 463 g/mol. The molecule has 1 atom stereocenters. The first-order valence-corrected chi connectivity index (χ1v) is 11.3. The monoisotopic (exact) mass is 483 g/mol. The maximum atomic E-state index is 13.3. The summed E-state index contributed by atoms with van der Waals surface area (Å²) < 4.78 is 45.0. The Kier molecular flexibility index (Phi) is 7.02. The molecule has 5 nitrogen and oxygen atoms in total. The van der Waals surface area contributed by atoms with Crippen LogP contribution in [0.3, 0.4) is 0 Å². The van der Waals surface area contributed by atoms with Crippen molar-refractivity contribution in [1.82, 2.24) is 15.3 Å². The van der Waals surface area contributed by atoms with Crippen LogP contribution in [0.4, 0.5) is 13.2 Å². The number of para-hydroxylation sites is 1. The average Bonchev–Trinajstić information content (AvgIpc) is 2.85. The van der Waals surface area contributed by atoms with Crippen LogP contribution in [0.1, 0.15) is 23.0 Å². The number of alkyl halides is 3. The SMILES string of the molecule is COc1ccc([C@H](NC(=O)CSc2nc(C(F)(F)F)nc3ccccc23)c2ccccc2)cc1. The van der Waals surface area contributed by atoms with Crippen molar-refractivity contribution in [3.05, 3.63) is 95.8 Å². The van der Waals surface area contributed by atoms with Crippen LogP contribution in [0.2, 0.25) is 0 Å². The lowest BCUT2D eigenvalue weighted by atomic mass is 9.98. The van der Waals surface area contributed by atoms with Gasteiger partial charge >= 0.3 is 6.18 Å². The highest BCUT2D eigenvalue weighted by Gasteiger charge is 2.35. The molecule has 1 heterocycles. The Balaban J connectivity index is 1.56. The predicted molar refractivity (Wildman–Crippen MR) is 125 cm³/mol. The van der Waals surface area contributed by atoms with E-state index in [0.717, 1.165) is 22.9 Å². The first-order chi connectivity index (χ1) is 16.3. The molecule has 34 heavy (non-hydrogen) atoms. The molecule has 0 spiro atoms. The number of rotatable bonds is 7. The number of hydrogen-bond donors (Lipinski definition) is 1. The van der Waals surface area contributed by atoms with Gasteiger partial charge in [0.1, 0.15) is 10.8 Å². The second-order valence-corrected chi connectivity index (χ2v) is 8.30. The number of hydrogen-bond acceptors (Lipinski definition) is 5. The van der Waals surface area contributed by atoms with E-state index in [1.165, 1.54) is 6.07 Å². The van der Waals surface area contributed by atoms with Crippen molar-refractivity contribution in [2.24, 2.45) is 0 Å². The van der Waals surface area contributed by atoms with Gasteiger partial charge in [-0.1, -0.05) is 72.4 Å². The maximum Gasteiger partial charge on any atom is 0.451 e. The Morgan fingerprint density at radius 2 is 1.59 bits per heavy atom. The second kappa shape index (κ2) is 10.1. The molecule has 3 aromatic carbocycles. The summed E-state index contributed by atoms with van der Waals surface area (Å²) in [7, 11) is 1.57. The molecule has 0 unspecified atom stereocenters. The largest absolute Gasteiger partial charge is 0.497 e. The van der Waals surface area contributed by atoms with Gasteiger partial charge in [0.05, 0.1) is 24.4 Å². The number of benzene rings is 3. The van der Waals surface area contributed by atoms with Crippen molar-refractivity contribution >= 4 is 28.6 Å². The molecule has 1 amide bonds. The Morgan fingerprint density at radius 3 is 2.26 bits per heavy atom. The highest BCUT2D eigenvalue weighted by atomic mass is 32.2. The van der Waals surface area contributed by atoms with Crippen LogP contribution >= 0.6 is 11.8 Å². The van der Waals surface area contributed by atoms with Gasteiger partial charge in [-0.25, -0.2) is 9.97 Å². The second-order valence-electron chi connectivity index (χ2n) is 7.34. The molecule has 0 aliphatic heterocycles. The molecule has 0 saturated carbocycles. The van der Waals surface area contributed by atoms with Gasteiger partial charge in [0.15, 0.2) is 0 Å². The van der Waals surface area contributed by atoms with E-state index in [9.17, 15) is 18.0 Å². The number of amides is 1. The Labute approximate surface area is 198 Å². The smallest absolute Gasteiger partial charge is 0.451 e. The highest BCUT2D eigenvalue weighted by Crippen LogP contribution is 2.32. The van der Waals surface area contributed by atoms with Gasteiger partial charge in [-0.15, -0.1) is 0 Å². The molecule has 1 N–H and O–H groups in total. The number of thioether (sulfide) groups is 1. The van der Waals surface area contributed by atoms with E-state index >= 15 is 0 Å². The van der Waals surface area contributed by atoms with E-state index in [-0.39, 0.29) is 22.2 Å². The van der Waals surface area contributed by atoms with Crippen LogP contribution in [-0.2, 0) is 11.0 Å². The number of nitrogens with zero attached hydrogens (tertiary/aromatic N) is 2. The molecule has 0 radical (unpaired) electrons. The van der Waals surface area contributed by atoms with Gasteiger partial charge in [0, 0.05) is 5.39 Å². The van der Waals surface area contributed by atoms with Gasteiger partial charge in [-0.3, -0.25) is 4.79 Å². The number of nitrogens with one attached hydrogen (secondary N) is 1. The highest BCUT2D eigenvalue weighted by molar-refractivity contribution is 8.00. The summed E-state index contributed by atoms with van der Waals surface area (Å²) in [6.07, 6.45) is -4.69. The molecule has 0 saturated heterocycles. The third-order valence-corrected chi connectivity index (χ3v) is 6.04. The maximum absolute atomic E-state index is 13.3. The van der Waals surface area contributed by atoms with Gasteiger partial charge in [-0.2, -0.15) is 13.2 Å². The van der Waals surface area contributed by atoms with Crippen molar-refractivity contribution in [3.8, 4) is 5.75 Å². The van der Waals surface area contributed by atoms with Crippen LogP contribution < -0.4 is 10.1 Å². The van der Waals surface area contributed by atoms with E-state index in [2.05, 4.69) is 15.3 Å². The zero-order chi connectivity index (χ0) is 24.1. The number of carbonyl (C=O) groups is 1. The van der Waals surface area contributed by atoms with Crippen molar-refractivity contribution in [2.75, 3.05) is 12.9 Å². The van der Waals surface area contributed by atoms with Gasteiger partial charge in [0.2, 0.25) is 11.7 Å². The number of methoxy groups -OCH3 is 1. The van der Waals surface area contributed by atoms with Crippen LogP contribution in [0.15, 0.2) is 83.9 Å². The number of ether oxygens (including phenoxy) is 1. The van der Waals surface area contributed by atoms with Crippen LogP contribution in [-0.4, -0.2) is 28.7 Å². The standard InChI is InChI=1S/C25H20F3N3O2S/c1-33-18-13-11-17(12-14-18)22(16-7-3-2-4-8-16)30-21(32)15-34-23-19-9-5-6-10-20(19)29-24(31-23)25(26,27)28/h2-14,22H,15H2,1H3,(H,30,32)/t22-/m1/s1. The summed E-state index contributed by atoms with van der Waals surface area (Å²) in [4.78, 5) is 20.2. The van der Waals surface area contributed by atoms with Crippen LogP contribution in [0, 0.1) is 0 Å². The minimum absolute atomic E-state index is 0.105. The van der Waals surface area contributed by atoms with Gasteiger partial charge < -0.3 is 10.1 Å². The fraction of sp³-hybridized carbons (Fsp3) is 0.160. The third-order valence-electron chi connectivity index (χ3n) is 5.05. The lowest BCUT2D eigenvalue weighted by Crippen LogP contribution is -2.30. The van der Waals surface area contributed by atoms with E-state index in [1.807, 2.05) is 42.5 Å². The molecule has 0 bridgehead atoms. The zero-order valence-electron chi connectivity index (χ0n) is 18.0. The van der Waals surface area contributed by atoms with E-state index in [0.29, 0.717) is 11.1 Å².